The number of nitrogens with zero attached hydrogens (tertiary/aromatic N) is 2. The van der Waals surface area contributed by atoms with Crippen LogP contribution in [-0.2, 0) is 20.9 Å². The van der Waals surface area contributed by atoms with Gasteiger partial charge in [0.15, 0.2) is 0 Å². The largest absolute Gasteiger partial charge is 0.378 e. The van der Waals surface area contributed by atoms with Gasteiger partial charge in [-0.25, -0.2) is 4.68 Å². The van der Waals surface area contributed by atoms with Crippen molar-refractivity contribution >= 4 is 46.5 Å². The number of amides is 2. The van der Waals surface area contributed by atoms with Gasteiger partial charge < -0.3 is 15.4 Å². The number of rotatable bonds is 6. The van der Waals surface area contributed by atoms with E-state index in [1.165, 1.54) is 0 Å². The highest BCUT2D eigenvalue weighted by atomic mass is 35.5. The van der Waals surface area contributed by atoms with E-state index >= 15 is 0 Å². The Hall–Kier alpha value is -2.87. The van der Waals surface area contributed by atoms with Gasteiger partial charge in [-0.1, -0.05) is 41.4 Å². The third-order valence-corrected chi connectivity index (χ3v) is 5.69. The lowest BCUT2D eigenvalue weighted by atomic mass is 10.1. The number of aromatic nitrogens is 2. The highest BCUT2D eigenvalue weighted by molar-refractivity contribution is 6.31. The van der Waals surface area contributed by atoms with E-state index in [1.807, 2.05) is 25.1 Å². The lowest BCUT2D eigenvalue weighted by Gasteiger charge is -2.11. The summed E-state index contributed by atoms with van der Waals surface area (Å²) in [5, 5.41) is 11.3. The number of halogens is 2. The Kier molecular flexibility index (Phi) is 6.00. The van der Waals surface area contributed by atoms with E-state index in [0.29, 0.717) is 27.2 Å². The average molecular weight is 459 g/mol. The van der Waals surface area contributed by atoms with Crippen LogP contribution >= 0.6 is 23.2 Å². The second-order valence-electron chi connectivity index (χ2n) is 7.28. The maximum atomic E-state index is 12.7. The fourth-order valence-corrected chi connectivity index (χ4v) is 3.93. The number of hydrogen-bond donors (Lipinski definition) is 2. The van der Waals surface area contributed by atoms with Crippen LogP contribution in [0.4, 0.5) is 11.5 Å². The quantitative estimate of drug-likeness (QED) is 0.553. The molecule has 0 fully saturated rings. The number of aryl methyl sites for hydroxylation is 1. The highest BCUT2D eigenvalue weighted by Gasteiger charge is 2.37. The second-order valence-corrected chi connectivity index (χ2v) is 8.12. The zero-order valence-electron chi connectivity index (χ0n) is 16.9. The Labute approximate surface area is 189 Å². The molecule has 0 saturated carbocycles. The molecule has 2 amide bonds. The smallest absolute Gasteiger partial charge is 0.251 e. The van der Waals surface area contributed by atoms with Crippen LogP contribution in [-0.4, -0.2) is 28.7 Å². The molecule has 31 heavy (non-hydrogen) atoms. The Morgan fingerprint density at radius 2 is 2.06 bits per heavy atom. The Bertz CT molecular complexity index is 1180. The van der Waals surface area contributed by atoms with Gasteiger partial charge in [0.25, 0.3) is 5.91 Å². The molecule has 0 aliphatic carbocycles. The monoisotopic (exact) mass is 458 g/mol. The molecule has 1 aliphatic rings. The molecule has 1 aromatic heterocycles. The molecule has 9 heteroatoms. The maximum Gasteiger partial charge on any atom is 0.251 e. The molecular weight excluding hydrogens is 439 g/mol. The first-order chi connectivity index (χ1) is 14.9. The van der Waals surface area contributed by atoms with E-state index in [4.69, 9.17) is 27.9 Å². The van der Waals surface area contributed by atoms with E-state index in [-0.39, 0.29) is 24.8 Å². The number of methoxy groups -OCH3 is 1. The summed E-state index contributed by atoms with van der Waals surface area (Å²) in [6, 6.07) is 11.8. The summed E-state index contributed by atoms with van der Waals surface area (Å²) in [5.41, 5.74) is 3.66. The number of nitrogens with one attached hydrogen (secondary N) is 2. The van der Waals surface area contributed by atoms with E-state index < -0.39 is 6.04 Å². The fraction of sp³-hybridized carbons (Fsp3) is 0.227. The van der Waals surface area contributed by atoms with Crippen molar-refractivity contribution in [1.82, 2.24) is 9.78 Å². The van der Waals surface area contributed by atoms with Gasteiger partial charge in [0.2, 0.25) is 5.91 Å². The SMILES string of the molecule is COCc1nn2c(c1-c1cccc(Cl)c1)NC(=O)C2CC(=O)Nc1ccc(C)c(Cl)c1. The number of carbonyl (C=O) groups excluding carboxylic acids is 2. The van der Waals surface area contributed by atoms with Crippen molar-refractivity contribution in [3.8, 4) is 11.1 Å². The van der Waals surface area contributed by atoms with Crippen molar-refractivity contribution in [2.24, 2.45) is 0 Å². The van der Waals surface area contributed by atoms with E-state index in [9.17, 15) is 9.59 Å². The molecular formula is C22H20Cl2N4O3. The molecule has 3 aromatic rings. The third-order valence-electron chi connectivity index (χ3n) is 5.05. The summed E-state index contributed by atoms with van der Waals surface area (Å²) in [4.78, 5) is 25.3. The average Bonchev–Trinajstić information content (AvgIpc) is 3.20. The van der Waals surface area contributed by atoms with Crippen LogP contribution in [0.15, 0.2) is 42.5 Å². The number of carbonyl (C=O) groups is 2. The molecule has 2 heterocycles. The minimum absolute atomic E-state index is 0.0760. The summed E-state index contributed by atoms with van der Waals surface area (Å²) in [7, 11) is 1.57. The predicted octanol–water partition coefficient (Wildman–Crippen LogP) is 4.83. The molecule has 160 valence electrons. The lowest BCUT2D eigenvalue weighted by Crippen LogP contribution is -2.24. The fourth-order valence-electron chi connectivity index (χ4n) is 3.56. The van der Waals surface area contributed by atoms with Crippen LogP contribution in [0, 0.1) is 6.92 Å². The van der Waals surface area contributed by atoms with Crippen LogP contribution in [0.1, 0.15) is 23.7 Å². The highest BCUT2D eigenvalue weighted by Crippen LogP contribution is 2.39. The number of benzene rings is 2. The molecule has 7 nitrogen and oxygen atoms in total. The zero-order chi connectivity index (χ0) is 22.1. The molecule has 0 radical (unpaired) electrons. The van der Waals surface area contributed by atoms with Crippen molar-refractivity contribution in [3.05, 3.63) is 63.8 Å². The van der Waals surface area contributed by atoms with Gasteiger partial charge in [-0.3, -0.25) is 9.59 Å². The zero-order valence-corrected chi connectivity index (χ0v) is 18.4. The maximum absolute atomic E-state index is 12.7. The number of fused-ring (bicyclic) bond motifs is 1. The van der Waals surface area contributed by atoms with Crippen molar-refractivity contribution < 1.29 is 14.3 Å². The summed E-state index contributed by atoms with van der Waals surface area (Å²) in [5.74, 6) is -0.0941. The van der Waals surface area contributed by atoms with Crippen LogP contribution in [0.5, 0.6) is 0 Å². The van der Waals surface area contributed by atoms with Gasteiger partial charge in [-0.05, 0) is 42.3 Å². The molecule has 2 aromatic carbocycles. The molecule has 1 unspecified atom stereocenters. The van der Waals surface area contributed by atoms with Gasteiger partial charge in [0.1, 0.15) is 11.9 Å². The first-order valence-corrected chi connectivity index (χ1v) is 10.4. The van der Waals surface area contributed by atoms with Crippen LogP contribution in [0.3, 0.4) is 0 Å². The van der Waals surface area contributed by atoms with Gasteiger partial charge in [-0.2, -0.15) is 5.10 Å². The molecule has 1 aliphatic heterocycles. The molecule has 0 saturated heterocycles. The molecule has 2 N–H and O–H groups in total. The molecule has 0 bridgehead atoms. The van der Waals surface area contributed by atoms with Crippen molar-refractivity contribution in [2.45, 2.75) is 26.0 Å². The van der Waals surface area contributed by atoms with Gasteiger partial charge in [-0.15, -0.1) is 0 Å². The first-order valence-electron chi connectivity index (χ1n) is 9.60. The summed E-state index contributed by atoms with van der Waals surface area (Å²) in [6.45, 7) is 2.13. The summed E-state index contributed by atoms with van der Waals surface area (Å²) < 4.78 is 6.84. The van der Waals surface area contributed by atoms with Crippen LogP contribution in [0.25, 0.3) is 11.1 Å². The van der Waals surface area contributed by atoms with Crippen molar-refractivity contribution in [1.29, 1.82) is 0 Å². The van der Waals surface area contributed by atoms with E-state index in [2.05, 4.69) is 15.7 Å². The number of anilines is 2. The number of ether oxygens (including phenoxy) is 1. The third kappa shape index (κ3) is 4.30. The van der Waals surface area contributed by atoms with Crippen molar-refractivity contribution in [2.75, 3.05) is 17.7 Å². The topological polar surface area (TPSA) is 85.2 Å². The van der Waals surface area contributed by atoms with Crippen molar-refractivity contribution in [3.63, 3.8) is 0 Å². The van der Waals surface area contributed by atoms with Gasteiger partial charge in [0, 0.05) is 28.4 Å². The summed E-state index contributed by atoms with van der Waals surface area (Å²) in [6.07, 6.45) is -0.0760. The standard InChI is InChI=1S/C22H20Cl2N4O3/c1-12-6-7-15(9-16(12)24)25-19(29)10-18-22(30)26-21-20(13-4-3-5-14(23)8-13)17(11-31-2)27-28(18)21/h3-9,18H,10-11H2,1-2H3,(H,25,29)(H,26,30). The second kappa shape index (κ2) is 8.70. The lowest BCUT2D eigenvalue weighted by molar-refractivity contribution is -0.123. The first kappa shape index (κ1) is 21.4. The summed E-state index contributed by atoms with van der Waals surface area (Å²) >= 11 is 12.3. The van der Waals surface area contributed by atoms with Crippen LogP contribution in [0.2, 0.25) is 10.0 Å². The Morgan fingerprint density at radius 3 is 2.77 bits per heavy atom. The molecule has 1 atom stereocenters. The van der Waals surface area contributed by atoms with Crippen LogP contribution < -0.4 is 10.6 Å². The normalized spacial score (nSPS) is 15.0. The minimum atomic E-state index is -0.778. The molecule has 4 rings (SSSR count). The van der Waals surface area contributed by atoms with E-state index in [0.717, 1.165) is 16.7 Å². The Morgan fingerprint density at radius 1 is 1.26 bits per heavy atom. The Balaban J connectivity index is 1.62. The predicted molar refractivity (Wildman–Crippen MR) is 120 cm³/mol. The van der Waals surface area contributed by atoms with Gasteiger partial charge in [0.05, 0.1) is 18.7 Å². The number of hydrogen-bond acceptors (Lipinski definition) is 4. The molecule has 0 spiro atoms. The van der Waals surface area contributed by atoms with E-state index in [1.54, 1.807) is 36.1 Å². The van der Waals surface area contributed by atoms with Gasteiger partial charge >= 0.3 is 0 Å². The minimum Gasteiger partial charge on any atom is -0.378 e.